The van der Waals surface area contributed by atoms with Gasteiger partial charge in [-0.1, -0.05) is 35.0 Å². The summed E-state index contributed by atoms with van der Waals surface area (Å²) in [6.07, 6.45) is 2.03. The Labute approximate surface area is 103 Å². The summed E-state index contributed by atoms with van der Waals surface area (Å²) in [6, 6.07) is 7.53. The minimum absolute atomic E-state index is 0.0653. The summed E-state index contributed by atoms with van der Waals surface area (Å²) >= 11 is 5.69. The predicted octanol–water partition coefficient (Wildman–Crippen LogP) is 2.87. The lowest BCUT2D eigenvalue weighted by Crippen LogP contribution is -2.03. The first-order valence-electron chi connectivity index (χ1n) is 5.10. The topological polar surface area (TPSA) is 54.6 Å². The van der Waals surface area contributed by atoms with E-state index in [4.69, 9.17) is 16.8 Å². The molecule has 5 heteroatoms. The van der Waals surface area contributed by atoms with Crippen molar-refractivity contribution in [3.05, 3.63) is 36.0 Å². The van der Waals surface area contributed by atoms with E-state index < -0.39 is 0 Å². The maximum atomic E-state index is 11.5. The predicted molar refractivity (Wildman–Crippen MR) is 67.0 cm³/mol. The molecule has 2 aromatic rings. The number of hydrogen-bond donors (Lipinski definition) is 1. The molecule has 0 aliphatic heterocycles. The third-order valence-electron chi connectivity index (χ3n) is 2.58. The molecule has 4 nitrogen and oxygen atoms in total. The van der Waals surface area contributed by atoms with E-state index in [9.17, 15) is 4.79 Å². The monoisotopic (exact) mass is 250 g/mol. The number of nitrogens with zero attached hydrogens (tertiary/aromatic N) is 2. The molecule has 0 saturated heterocycles. The molecule has 0 amide bonds. The quantitative estimate of drug-likeness (QED) is 0.506. The first kappa shape index (κ1) is 11.7. The van der Waals surface area contributed by atoms with Gasteiger partial charge in [0.15, 0.2) is 0 Å². The maximum Gasteiger partial charge on any atom is 0.227 e. The molecular weight excluding hydrogens is 240 g/mol. The van der Waals surface area contributed by atoms with Gasteiger partial charge in [-0.25, -0.2) is 0 Å². The summed E-state index contributed by atoms with van der Waals surface area (Å²) in [5, 5.41) is 12.5. The molecule has 88 valence electrons. The second-order valence-corrected chi connectivity index (χ2v) is 4.15. The number of fused-ring (bicyclic) bond motifs is 1. The van der Waals surface area contributed by atoms with Crippen LogP contribution in [0, 0.1) is 0 Å². The lowest BCUT2D eigenvalue weighted by atomic mass is 10.1. The smallest absolute Gasteiger partial charge is 0.227 e. The van der Waals surface area contributed by atoms with Crippen LogP contribution in [0.25, 0.3) is 10.9 Å². The molecule has 2 rings (SSSR count). The third-order valence-corrected chi connectivity index (χ3v) is 2.79. The summed E-state index contributed by atoms with van der Waals surface area (Å²) in [6.45, 7) is 1.50. The zero-order chi connectivity index (χ0) is 12.4. The summed E-state index contributed by atoms with van der Waals surface area (Å²) in [7, 11) is 0. The van der Waals surface area contributed by atoms with Gasteiger partial charge in [0, 0.05) is 24.9 Å². The van der Waals surface area contributed by atoms with E-state index in [2.05, 4.69) is 5.16 Å². The highest BCUT2D eigenvalue weighted by molar-refractivity contribution is 6.65. The van der Waals surface area contributed by atoms with Gasteiger partial charge in [0.1, 0.15) is 5.17 Å². The van der Waals surface area contributed by atoms with Crippen molar-refractivity contribution in [2.45, 2.75) is 13.3 Å². The van der Waals surface area contributed by atoms with E-state index in [1.807, 2.05) is 24.3 Å². The molecule has 0 fully saturated rings. The van der Waals surface area contributed by atoms with E-state index in [-0.39, 0.29) is 11.1 Å². The second kappa shape index (κ2) is 4.59. The van der Waals surface area contributed by atoms with Gasteiger partial charge >= 0.3 is 0 Å². The Morgan fingerprint density at radius 3 is 2.82 bits per heavy atom. The highest BCUT2D eigenvalue weighted by atomic mass is 35.5. The number of hydrogen-bond acceptors (Lipinski definition) is 3. The molecule has 0 unspecified atom stereocenters. The fraction of sp³-hybridized carbons (Fsp3) is 0.167. The molecule has 1 N–H and O–H groups in total. The van der Waals surface area contributed by atoms with Crippen molar-refractivity contribution in [2.24, 2.45) is 5.16 Å². The van der Waals surface area contributed by atoms with Crippen molar-refractivity contribution in [2.75, 3.05) is 0 Å². The lowest BCUT2D eigenvalue weighted by molar-refractivity contribution is 0.0941. The average Bonchev–Trinajstić information content (AvgIpc) is 2.68. The average molecular weight is 251 g/mol. The Hall–Kier alpha value is -1.81. The summed E-state index contributed by atoms with van der Waals surface area (Å²) < 4.78 is 1.56. The zero-order valence-corrected chi connectivity index (χ0v) is 9.98. The second-order valence-electron chi connectivity index (χ2n) is 3.71. The van der Waals surface area contributed by atoms with Gasteiger partial charge in [-0.15, -0.1) is 0 Å². The molecule has 0 aliphatic rings. The third kappa shape index (κ3) is 2.17. The van der Waals surface area contributed by atoms with Crippen molar-refractivity contribution >= 4 is 33.6 Å². The Balaban J connectivity index is 2.60. The fourth-order valence-electron chi connectivity index (χ4n) is 1.84. The molecule has 1 heterocycles. The van der Waals surface area contributed by atoms with E-state index in [1.165, 1.54) is 6.92 Å². The number of benzene rings is 1. The van der Waals surface area contributed by atoms with Gasteiger partial charge < -0.3 is 5.21 Å². The van der Waals surface area contributed by atoms with Crippen molar-refractivity contribution < 1.29 is 10.0 Å². The number of oxime groups is 1. The van der Waals surface area contributed by atoms with Crippen LogP contribution in [0.5, 0.6) is 0 Å². The van der Waals surface area contributed by atoms with Crippen molar-refractivity contribution in [3.63, 3.8) is 0 Å². The van der Waals surface area contributed by atoms with Gasteiger partial charge in [-0.2, -0.15) is 0 Å². The van der Waals surface area contributed by atoms with Crippen LogP contribution < -0.4 is 0 Å². The standard InChI is InChI=1S/C12H11ClN2O2/c1-8(16)15-7-9(6-12(13)14-17)10-4-2-3-5-11(10)15/h2-5,7,17H,6H2,1H3. The minimum atomic E-state index is -0.0653. The molecule has 1 aromatic carbocycles. The Morgan fingerprint density at radius 1 is 1.47 bits per heavy atom. The van der Waals surface area contributed by atoms with Gasteiger partial charge in [0.05, 0.1) is 5.52 Å². The number of rotatable bonds is 2. The summed E-state index contributed by atoms with van der Waals surface area (Å²) in [4.78, 5) is 11.5. The summed E-state index contributed by atoms with van der Waals surface area (Å²) in [5.41, 5.74) is 1.69. The normalized spacial score (nSPS) is 12.0. The van der Waals surface area contributed by atoms with Crippen LogP contribution in [0.2, 0.25) is 0 Å². The van der Waals surface area contributed by atoms with Crippen LogP contribution in [0.4, 0.5) is 0 Å². The number of para-hydroxylation sites is 1. The zero-order valence-electron chi connectivity index (χ0n) is 9.22. The minimum Gasteiger partial charge on any atom is -0.410 e. The van der Waals surface area contributed by atoms with Gasteiger partial charge in [0.25, 0.3) is 0 Å². The Morgan fingerprint density at radius 2 is 2.18 bits per heavy atom. The molecule has 17 heavy (non-hydrogen) atoms. The largest absolute Gasteiger partial charge is 0.410 e. The molecule has 0 saturated carbocycles. The number of halogens is 1. The Bertz CT molecular complexity index is 602. The van der Waals surface area contributed by atoms with E-state index in [0.717, 1.165) is 16.5 Å². The van der Waals surface area contributed by atoms with E-state index in [1.54, 1.807) is 10.8 Å². The number of carbonyl (C=O) groups is 1. The van der Waals surface area contributed by atoms with Crippen molar-refractivity contribution in [3.8, 4) is 0 Å². The molecule has 0 bridgehead atoms. The molecule has 0 aliphatic carbocycles. The van der Waals surface area contributed by atoms with E-state index in [0.29, 0.717) is 6.42 Å². The summed E-state index contributed by atoms with van der Waals surface area (Å²) in [5.74, 6) is -0.0653. The molecule has 0 atom stereocenters. The van der Waals surface area contributed by atoms with Crippen molar-refractivity contribution in [1.29, 1.82) is 0 Å². The van der Waals surface area contributed by atoms with Crippen LogP contribution in [0.3, 0.4) is 0 Å². The van der Waals surface area contributed by atoms with Crippen molar-refractivity contribution in [1.82, 2.24) is 4.57 Å². The van der Waals surface area contributed by atoms with Crippen LogP contribution in [0.15, 0.2) is 35.6 Å². The first-order valence-corrected chi connectivity index (χ1v) is 5.47. The van der Waals surface area contributed by atoms with Gasteiger partial charge in [-0.05, 0) is 11.6 Å². The SMILES string of the molecule is CC(=O)n1cc(CC(Cl)=NO)c2ccccc21. The number of aromatic nitrogens is 1. The maximum absolute atomic E-state index is 11.5. The first-order chi connectivity index (χ1) is 8.13. The van der Waals surface area contributed by atoms with Gasteiger partial charge in [-0.3, -0.25) is 9.36 Å². The Kier molecular flexibility index (Phi) is 3.15. The fourth-order valence-corrected chi connectivity index (χ4v) is 1.99. The van der Waals surface area contributed by atoms with Crippen LogP contribution >= 0.6 is 11.6 Å². The van der Waals surface area contributed by atoms with Crippen LogP contribution in [-0.2, 0) is 6.42 Å². The molecule has 0 radical (unpaired) electrons. The van der Waals surface area contributed by atoms with Crippen LogP contribution in [-0.4, -0.2) is 20.9 Å². The molecule has 0 spiro atoms. The van der Waals surface area contributed by atoms with E-state index >= 15 is 0 Å². The lowest BCUT2D eigenvalue weighted by Gasteiger charge is -1.97. The molecular formula is C12H11ClN2O2. The highest BCUT2D eigenvalue weighted by Crippen LogP contribution is 2.22. The van der Waals surface area contributed by atoms with Gasteiger partial charge in [0.2, 0.25) is 5.91 Å². The molecule has 1 aromatic heterocycles. The number of carbonyl (C=O) groups excluding carboxylic acids is 1. The highest BCUT2D eigenvalue weighted by Gasteiger charge is 2.11. The van der Waals surface area contributed by atoms with Crippen LogP contribution in [0.1, 0.15) is 17.3 Å².